The van der Waals surface area contributed by atoms with Crippen molar-refractivity contribution < 1.29 is 9.59 Å². The molecule has 0 radical (unpaired) electrons. The molecule has 158 valence electrons. The molecule has 3 aromatic rings. The molecular weight excluding hydrogens is 390 g/mol. The minimum Gasteiger partial charge on any atom is -0.350 e. The summed E-state index contributed by atoms with van der Waals surface area (Å²) in [5.74, 6) is -0.0843. The van der Waals surface area contributed by atoms with Gasteiger partial charge in [0.15, 0.2) is 0 Å². The molecule has 1 aromatic carbocycles. The Morgan fingerprint density at radius 1 is 1.23 bits per heavy atom. The van der Waals surface area contributed by atoms with Crippen LogP contribution >= 0.6 is 0 Å². The largest absolute Gasteiger partial charge is 0.350 e. The lowest BCUT2D eigenvalue weighted by Crippen LogP contribution is -2.36. The molecule has 0 aliphatic carbocycles. The van der Waals surface area contributed by atoms with E-state index in [2.05, 4.69) is 15.3 Å². The second-order valence-electron chi connectivity index (χ2n) is 7.59. The number of fused-ring (bicyclic) bond motifs is 1. The highest BCUT2D eigenvalue weighted by Gasteiger charge is 2.23. The number of nitrogens with one attached hydrogen (secondary N) is 1. The van der Waals surface area contributed by atoms with Crippen LogP contribution in [0.15, 0.2) is 61.3 Å². The lowest BCUT2D eigenvalue weighted by molar-refractivity contribution is -0.126. The van der Waals surface area contributed by atoms with Crippen molar-refractivity contribution in [2.24, 2.45) is 0 Å². The van der Waals surface area contributed by atoms with Crippen molar-refractivity contribution in [3.63, 3.8) is 0 Å². The molecule has 0 bridgehead atoms. The van der Waals surface area contributed by atoms with Crippen molar-refractivity contribution in [1.82, 2.24) is 24.8 Å². The van der Waals surface area contributed by atoms with Gasteiger partial charge in [0.1, 0.15) is 6.54 Å². The Labute approximate surface area is 181 Å². The van der Waals surface area contributed by atoms with Gasteiger partial charge in [0, 0.05) is 50.0 Å². The number of carbonyl (C=O) groups is 2. The SMILES string of the molecule is Cc1ncc2c(c1CNC(=O)Cn1ccnc1)CCN(C(=O)/C=C/c1ccccc1)C2. The summed E-state index contributed by atoms with van der Waals surface area (Å²) in [4.78, 5) is 35.2. The van der Waals surface area contributed by atoms with Gasteiger partial charge in [-0.2, -0.15) is 0 Å². The third-order valence-corrected chi connectivity index (χ3v) is 5.47. The van der Waals surface area contributed by atoms with Gasteiger partial charge in [-0.1, -0.05) is 30.3 Å². The molecule has 0 fully saturated rings. The van der Waals surface area contributed by atoms with Crippen molar-refractivity contribution in [1.29, 1.82) is 0 Å². The average molecular weight is 415 g/mol. The van der Waals surface area contributed by atoms with Gasteiger partial charge < -0.3 is 14.8 Å². The molecule has 1 aliphatic rings. The summed E-state index contributed by atoms with van der Waals surface area (Å²) < 4.78 is 1.73. The molecular formula is C24H25N5O2. The molecule has 7 nitrogen and oxygen atoms in total. The molecule has 0 atom stereocenters. The van der Waals surface area contributed by atoms with Gasteiger partial charge in [-0.15, -0.1) is 0 Å². The number of imidazole rings is 1. The number of hydrogen-bond acceptors (Lipinski definition) is 4. The summed E-state index contributed by atoms with van der Waals surface area (Å²) >= 11 is 0. The normalized spacial score (nSPS) is 13.3. The summed E-state index contributed by atoms with van der Waals surface area (Å²) in [6.07, 6.45) is 11.1. The smallest absolute Gasteiger partial charge is 0.246 e. The molecule has 4 rings (SSSR count). The van der Waals surface area contributed by atoms with E-state index in [4.69, 9.17) is 0 Å². The molecule has 2 amide bonds. The topological polar surface area (TPSA) is 80.1 Å². The number of carbonyl (C=O) groups excluding carboxylic acids is 2. The van der Waals surface area contributed by atoms with Crippen LogP contribution in [0.4, 0.5) is 0 Å². The Morgan fingerprint density at radius 3 is 2.84 bits per heavy atom. The van der Waals surface area contributed by atoms with Crippen LogP contribution in [0.3, 0.4) is 0 Å². The van der Waals surface area contributed by atoms with E-state index in [9.17, 15) is 9.59 Å². The number of hydrogen-bond donors (Lipinski definition) is 1. The molecule has 3 heterocycles. The minimum absolute atomic E-state index is 0.00902. The molecule has 7 heteroatoms. The van der Waals surface area contributed by atoms with Gasteiger partial charge in [-0.3, -0.25) is 14.6 Å². The summed E-state index contributed by atoms with van der Waals surface area (Å²) in [6, 6.07) is 9.79. The van der Waals surface area contributed by atoms with Crippen LogP contribution in [0, 0.1) is 6.92 Å². The zero-order valence-electron chi connectivity index (χ0n) is 17.5. The van der Waals surface area contributed by atoms with E-state index in [1.54, 1.807) is 29.4 Å². The van der Waals surface area contributed by atoms with Gasteiger partial charge in [-0.25, -0.2) is 4.98 Å². The maximum Gasteiger partial charge on any atom is 0.246 e. The van der Waals surface area contributed by atoms with Crippen molar-refractivity contribution >= 4 is 17.9 Å². The highest BCUT2D eigenvalue weighted by Crippen LogP contribution is 2.24. The van der Waals surface area contributed by atoms with Gasteiger partial charge in [-0.05, 0) is 41.7 Å². The first-order valence-electron chi connectivity index (χ1n) is 10.3. The summed E-state index contributed by atoms with van der Waals surface area (Å²) in [6.45, 7) is 3.79. The first-order valence-corrected chi connectivity index (χ1v) is 10.3. The third-order valence-electron chi connectivity index (χ3n) is 5.47. The highest BCUT2D eigenvalue weighted by atomic mass is 16.2. The summed E-state index contributed by atoms with van der Waals surface area (Å²) in [5, 5.41) is 2.98. The standard InChI is InChI=1S/C24H25N5O2/c1-18-22(14-27-23(30)16-28-12-10-25-17-28)21-9-11-29(15-20(21)13-26-18)24(31)8-7-19-5-3-2-4-6-19/h2-8,10,12-13,17H,9,11,14-16H2,1H3,(H,27,30)/b8-7+. The number of aromatic nitrogens is 3. The van der Waals surface area contributed by atoms with Crippen molar-refractivity contribution in [2.45, 2.75) is 33.0 Å². The van der Waals surface area contributed by atoms with E-state index in [0.717, 1.165) is 28.8 Å². The van der Waals surface area contributed by atoms with E-state index in [1.807, 2.05) is 54.4 Å². The average Bonchev–Trinajstić information content (AvgIpc) is 3.30. The summed E-state index contributed by atoms with van der Waals surface area (Å²) in [5.41, 5.74) is 5.18. The Kier molecular flexibility index (Phi) is 6.21. The fraction of sp³-hybridized carbons (Fsp3) is 0.250. The van der Waals surface area contributed by atoms with Gasteiger partial charge in [0.05, 0.1) is 6.33 Å². The maximum atomic E-state index is 12.7. The van der Waals surface area contributed by atoms with Crippen LogP contribution in [0.1, 0.15) is 27.9 Å². The Bertz CT molecular complexity index is 1090. The van der Waals surface area contributed by atoms with E-state index < -0.39 is 0 Å². The number of rotatable bonds is 6. The summed E-state index contributed by atoms with van der Waals surface area (Å²) in [7, 11) is 0. The number of nitrogens with zero attached hydrogens (tertiary/aromatic N) is 4. The molecule has 31 heavy (non-hydrogen) atoms. The van der Waals surface area contributed by atoms with E-state index in [1.165, 1.54) is 5.56 Å². The van der Waals surface area contributed by atoms with Gasteiger partial charge in [0.2, 0.25) is 11.8 Å². The zero-order valence-corrected chi connectivity index (χ0v) is 17.5. The predicted octanol–water partition coefficient (Wildman–Crippen LogP) is 2.50. The Balaban J connectivity index is 1.41. The molecule has 0 unspecified atom stereocenters. The lowest BCUT2D eigenvalue weighted by atomic mass is 9.94. The number of pyridine rings is 1. The van der Waals surface area contributed by atoms with Crippen LogP contribution in [0.5, 0.6) is 0 Å². The molecule has 1 N–H and O–H groups in total. The lowest BCUT2D eigenvalue weighted by Gasteiger charge is -2.30. The number of aryl methyl sites for hydroxylation is 1. The van der Waals surface area contributed by atoms with E-state index in [-0.39, 0.29) is 18.4 Å². The van der Waals surface area contributed by atoms with Gasteiger partial charge >= 0.3 is 0 Å². The fourth-order valence-electron chi connectivity index (χ4n) is 3.77. The minimum atomic E-state index is -0.0753. The molecule has 0 saturated carbocycles. The molecule has 0 spiro atoms. The van der Waals surface area contributed by atoms with Crippen molar-refractivity contribution in [3.05, 3.63) is 89.3 Å². The monoisotopic (exact) mass is 415 g/mol. The molecule has 2 aromatic heterocycles. The first kappa shape index (κ1) is 20.5. The Morgan fingerprint density at radius 2 is 2.06 bits per heavy atom. The predicted molar refractivity (Wildman–Crippen MR) is 118 cm³/mol. The highest BCUT2D eigenvalue weighted by molar-refractivity contribution is 5.92. The van der Waals surface area contributed by atoms with Crippen LogP contribution < -0.4 is 5.32 Å². The van der Waals surface area contributed by atoms with Crippen molar-refractivity contribution in [3.8, 4) is 0 Å². The van der Waals surface area contributed by atoms with Crippen molar-refractivity contribution in [2.75, 3.05) is 6.54 Å². The molecule has 0 saturated heterocycles. The second kappa shape index (κ2) is 9.38. The maximum absolute atomic E-state index is 12.7. The second-order valence-corrected chi connectivity index (χ2v) is 7.59. The third kappa shape index (κ3) is 5.06. The van der Waals surface area contributed by atoms with Crippen LogP contribution in [-0.4, -0.2) is 37.8 Å². The van der Waals surface area contributed by atoms with Crippen LogP contribution in [0.2, 0.25) is 0 Å². The number of benzene rings is 1. The van der Waals surface area contributed by atoms with E-state index in [0.29, 0.717) is 19.6 Å². The quantitative estimate of drug-likeness (QED) is 0.628. The zero-order chi connectivity index (χ0) is 21.6. The van der Waals surface area contributed by atoms with Crippen LogP contribution in [0.25, 0.3) is 6.08 Å². The molecule has 1 aliphatic heterocycles. The first-order chi connectivity index (χ1) is 15.1. The Hall–Kier alpha value is -3.74. The van der Waals surface area contributed by atoms with E-state index >= 15 is 0 Å². The number of amides is 2. The fourth-order valence-corrected chi connectivity index (χ4v) is 3.77. The van der Waals surface area contributed by atoms with Crippen LogP contribution in [-0.2, 0) is 35.6 Å². The van der Waals surface area contributed by atoms with Gasteiger partial charge in [0.25, 0.3) is 0 Å².